The molecule has 3 rings (SSSR count). The summed E-state index contributed by atoms with van der Waals surface area (Å²) >= 11 is 5.75. The Morgan fingerprint density at radius 1 is 1.30 bits per heavy atom. The highest BCUT2D eigenvalue weighted by molar-refractivity contribution is 6.31. The molecule has 0 fully saturated rings. The number of carbonyl (C=O) groups is 1. The lowest BCUT2D eigenvalue weighted by Crippen LogP contribution is -2.09. The van der Waals surface area contributed by atoms with Crippen LogP contribution in [0.1, 0.15) is 23.6 Å². The van der Waals surface area contributed by atoms with Crippen LogP contribution in [0.5, 0.6) is 5.75 Å². The fourth-order valence-electron chi connectivity index (χ4n) is 3.02. The van der Waals surface area contributed by atoms with Crippen molar-refractivity contribution in [2.45, 2.75) is 20.8 Å². The fourth-order valence-corrected chi connectivity index (χ4v) is 3.20. The van der Waals surface area contributed by atoms with Crippen LogP contribution in [0.15, 0.2) is 41.0 Å². The molecule has 0 unspecified atom stereocenters. The zero-order valence-corrected chi connectivity index (χ0v) is 16.2. The number of hydrogen-bond donors (Lipinski definition) is 1. The molecule has 0 aliphatic rings. The number of nitrogens with one attached hydrogen (secondary N) is 1. The molecular formula is C21H19ClFNO3. The Kier molecular flexibility index (Phi) is 5.24. The van der Waals surface area contributed by atoms with Crippen LogP contribution in [0.3, 0.4) is 0 Å². The number of furan rings is 1. The fraction of sp³-hybridized carbons (Fsp3) is 0.190. The van der Waals surface area contributed by atoms with Gasteiger partial charge in [0, 0.05) is 28.3 Å². The predicted octanol–water partition coefficient (Wildman–Crippen LogP) is 5.89. The second-order valence-electron chi connectivity index (χ2n) is 6.32. The average molecular weight is 388 g/mol. The van der Waals surface area contributed by atoms with Crippen molar-refractivity contribution in [2.24, 2.45) is 0 Å². The molecule has 1 heterocycles. The van der Waals surface area contributed by atoms with Gasteiger partial charge >= 0.3 is 0 Å². The van der Waals surface area contributed by atoms with Crippen molar-refractivity contribution in [3.8, 4) is 5.75 Å². The third kappa shape index (κ3) is 3.69. The molecular weight excluding hydrogens is 369 g/mol. The van der Waals surface area contributed by atoms with Gasteiger partial charge in [-0.25, -0.2) is 4.39 Å². The lowest BCUT2D eigenvalue weighted by molar-refractivity contribution is -0.111. The molecule has 3 aromatic rings. The van der Waals surface area contributed by atoms with E-state index in [4.69, 9.17) is 20.8 Å². The number of carbonyl (C=O) groups excluding carboxylic acids is 1. The van der Waals surface area contributed by atoms with Gasteiger partial charge in [0.15, 0.2) is 0 Å². The predicted molar refractivity (Wildman–Crippen MR) is 106 cm³/mol. The highest BCUT2D eigenvalue weighted by atomic mass is 35.5. The van der Waals surface area contributed by atoms with E-state index in [0.717, 1.165) is 33.2 Å². The first-order chi connectivity index (χ1) is 12.8. The van der Waals surface area contributed by atoms with Crippen molar-refractivity contribution in [2.75, 3.05) is 12.4 Å². The number of hydrogen-bond acceptors (Lipinski definition) is 3. The monoisotopic (exact) mass is 387 g/mol. The van der Waals surface area contributed by atoms with Crippen molar-refractivity contribution in [3.63, 3.8) is 0 Å². The minimum Gasteiger partial charge on any atom is -0.496 e. The number of fused-ring (bicyclic) bond motifs is 1. The molecule has 4 nitrogen and oxygen atoms in total. The number of benzene rings is 2. The van der Waals surface area contributed by atoms with E-state index in [0.29, 0.717) is 11.4 Å². The van der Waals surface area contributed by atoms with Crippen LogP contribution in [0.25, 0.3) is 16.5 Å². The van der Waals surface area contributed by atoms with Gasteiger partial charge in [0.2, 0.25) is 5.91 Å². The summed E-state index contributed by atoms with van der Waals surface area (Å²) < 4.78 is 24.4. The van der Waals surface area contributed by atoms with E-state index in [1.54, 1.807) is 13.4 Å². The second-order valence-corrected chi connectivity index (χ2v) is 6.73. The molecule has 0 aliphatic carbocycles. The van der Waals surface area contributed by atoms with Crippen molar-refractivity contribution < 1.29 is 18.3 Å². The second kappa shape index (κ2) is 7.45. The van der Waals surface area contributed by atoms with Crippen LogP contribution in [0.4, 0.5) is 10.1 Å². The molecule has 0 spiro atoms. The van der Waals surface area contributed by atoms with Crippen molar-refractivity contribution in [3.05, 3.63) is 64.1 Å². The first kappa shape index (κ1) is 19.0. The maximum atomic E-state index is 13.2. The van der Waals surface area contributed by atoms with Gasteiger partial charge in [0.05, 0.1) is 18.4 Å². The maximum Gasteiger partial charge on any atom is 0.248 e. The quantitative estimate of drug-likeness (QED) is 0.567. The van der Waals surface area contributed by atoms with E-state index in [1.807, 2.05) is 26.8 Å². The van der Waals surface area contributed by atoms with Crippen LogP contribution >= 0.6 is 11.6 Å². The van der Waals surface area contributed by atoms with Crippen LogP contribution in [0.2, 0.25) is 5.02 Å². The number of amides is 1. The van der Waals surface area contributed by atoms with Crippen molar-refractivity contribution in [1.82, 2.24) is 0 Å². The summed E-state index contributed by atoms with van der Waals surface area (Å²) in [6.07, 6.45) is 3.17. The van der Waals surface area contributed by atoms with E-state index in [1.165, 1.54) is 24.3 Å². The first-order valence-electron chi connectivity index (χ1n) is 8.32. The minimum atomic E-state index is -0.537. The van der Waals surface area contributed by atoms with Gasteiger partial charge in [0.25, 0.3) is 0 Å². The van der Waals surface area contributed by atoms with Gasteiger partial charge in [-0.2, -0.15) is 0 Å². The SMILES string of the molecule is COc1c(/C(C)=C/C(=O)Nc2ccc(F)c(Cl)c2)cc2c(C)coc2c1C. The van der Waals surface area contributed by atoms with Crippen LogP contribution in [-0.4, -0.2) is 13.0 Å². The van der Waals surface area contributed by atoms with E-state index >= 15 is 0 Å². The number of rotatable bonds is 4. The summed E-state index contributed by atoms with van der Waals surface area (Å²) in [6.45, 7) is 5.71. The molecule has 0 aliphatic heterocycles. The highest BCUT2D eigenvalue weighted by Crippen LogP contribution is 2.37. The normalized spacial score (nSPS) is 11.7. The Bertz CT molecular complexity index is 1070. The molecule has 2 aromatic carbocycles. The molecule has 1 amide bonds. The third-order valence-electron chi connectivity index (χ3n) is 4.40. The number of methoxy groups -OCH3 is 1. The maximum absolute atomic E-state index is 13.2. The number of aryl methyl sites for hydroxylation is 2. The van der Waals surface area contributed by atoms with Crippen LogP contribution in [0, 0.1) is 19.7 Å². The average Bonchev–Trinajstić information content (AvgIpc) is 2.99. The topological polar surface area (TPSA) is 51.5 Å². The summed E-state index contributed by atoms with van der Waals surface area (Å²) in [4.78, 5) is 12.4. The lowest BCUT2D eigenvalue weighted by Gasteiger charge is -2.13. The Balaban J connectivity index is 1.96. The van der Waals surface area contributed by atoms with E-state index < -0.39 is 5.82 Å². The van der Waals surface area contributed by atoms with Gasteiger partial charge in [-0.1, -0.05) is 11.6 Å². The van der Waals surface area contributed by atoms with Gasteiger partial charge in [0.1, 0.15) is 17.1 Å². The Labute approximate surface area is 161 Å². The molecule has 0 atom stereocenters. The Morgan fingerprint density at radius 2 is 2.04 bits per heavy atom. The molecule has 27 heavy (non-hydrogen) atoms. The summed E-state index contributed by atoms with van der Waals surface area (Å²) in [5.41, 5.74) is 4.60. The molecule has 0 radical (unpaired) electrons. The zero-order valence-electron chi connectivity index (χ0n) is 15.4. The molecule has 0 bridgehead atoms. The van der Waals surface area contributed by atoms with Crippen LogP contribution in [-0.2, 0) is 4.79 Å². The third-order valence-corrected chi connectivity index (χ3v) is 4.69. The summed E-state index contributed by atoms with van der Waals surface area (Å²) in [5, 5.41) is 3.60. The van der Waals surface area contributed by atoms with E-state index in [-0.39, 0.29) is 10.9 Å². The summed E-state index contributed by atoms with van der Waals surface area (Å²) in [7, 11) is 1.58. The van der Waals surface area contributed by atoms with Gasteiger partial charge in [-0.05, 0) is 56.2 Å². The number of ether oxygens (including phenoxy) is 1. The summed E-state index contributed by atoms with van der Waals surface area (Å²) in [6, 6.07) is 5.97. The standard InChI is InChI=1S/C21H19ClFNO3/c1-11(7-19(25)24-14-5-6-18(23)17(22)8-14)15-9-16-12(2)10-27-21(16)13(3)20(15)26-4/h5-10H,1-4H3,(H,24,25)/b11-7+. The van der Waals surface area contributed by atoms with Gasteiger partial charge < -0.3 is 14.5 Å². The molecule has 6 heteroatoms. The summed E-state index contributed by atoms with van der Waals surface area (Å²) in [5.74, 6) is -0.229. The number of allylic oxidation sites excluding steroid dienone is 1. The lowest BCUT2D eigenvalue weighted by atomic mass is 9.98. The Morgan fingerprint density at radius 3 is 2.70 bits per heavy atom. The van der Waals surface area contributed by atoms with Crippen molar-refractivity contribution in [1.29, 1.82) is 0 Å². The Hall–Kier alpha value is -2.79. The number of anilines is 1. The zero-order chi connectivity index (χ0) is 19.7. The van der Waals surface area contributed by atoms with Crippen LogP contribution < -0.4 is 10.1 Å². The van der Waals surface area contributed by atoms with E-state index in [2.05, 4.69) is 5.32 Å². The molecule has 0 saturated heterocycles. The minimum absolute atomic E-state index is 0.0494. The first-order valence-corrected chi connectivity index (χ1v) is 8.69. The van der Waals surface area contributed by atoms with E-state index in [9.17, 15) is 9.18 Å². The van der Waals surface area contributed by atoms with Crippen molar-refractivity contribution >= 4 is 39.7 Å². The molecule has 140 valence electrons. The smallest absolute Gasteiger partial charge is 0.248 e. The molecule has 0 saturated carbocycles. The molecule has 1 N–H and O–H groups in total. The van der Waals surface area contributed by atoms with Gasteiger partial charge in [-0.15, -0.1) is 0 Å². The number of halogens is 2. The highest BCUT2D eigenvalue weighted by Gasteiger charge is 2.17. The largest absolute Gasteiger partial charge is 0.496 e. The van der Waals surface area contributed by atoms with Gasteiger partial charge in [-0.3, -0.25) is 4.79 Å². The molecule has 1 aromatic heterocycles.